The van der Waals surface area contributed by atoms with Crippen molar-refractivity contribution in [1.29, 1.82) is 0 Å². The van der Waals surface area contributed by atoms with Crippen molar-refractivity contribution in [2.24, 2.45) is 0 Å². The molecule has 0 aromatic heterocycles. The van der Waals surface area contributed by atoms with Gasteiger partial charge in [-0.2, -0.15) is 0 Å². The van der Waals surface area contributed by atoms with Gasteiger partial charge in [-0.05, 0) is 0 Å². The Morgan fingerprint density at radius 2 is 1.75 bits per heavy atom. The maximum atomic E-state index is 3.95. The molecule has 1 saturated heterocycles. The first-order valence-corrected chi connectivity index (χ1v) is 1.75. The first kappa shape index (κ1) is 2.69. The van der Waals surface area contributed by atoms with Crippen LogP contribution in [0.25, 0.3) is 0 Å². The molecule has 26 valence electrons. The van der Waals surface area contributed by atoms with Gasteiger partial charge in [0.2, 0.25) is 0 Å². The monoisotopic (exact) mass is 101 g/mol. The van der Waals surface area contributed by atoms with Gasteiger partial charge in [0.15, 0.2) is 0 Å². The maximum absolute atomic E-state index is 3.95. The van der Waals surface area contributed by atoms with Crippen LogP contribution in [0.5, 0.6) is 0 Å². The number of hydrogen-bond donors (Lipinski definition) is 0. The molecule has 1 aliphatic heterocycles. The summed E-state index contributed by atoms with van der Waals surface area (Å²) < 4.78 is 1.94. The van der Waals surface area contributed by atoms with E-state index in [2.05, 4.69) is 16.0 Å². The molecule has 0 saturated carbocycles. The predicted octanol–water partition coefficient (Wildman–Crippen LogP) is -0.236. The standard InChI is InChI=1S/C2H4N.Co/c1-2-3-1;/h1-2H2;/q-1;+1. The van der Waals surface area contributed by atoms with Gasteiger partial charge in [0.05, 0.1) is 0 Å². The molecule has 0 aromatic rings. The Hall–Kier alpha value is 0.466. The number of nitrogens with zero attached hydrogens (tertiary/aromatic N) is 1. The first-order valence-electron chi connectivity index (χ1n) is 1.28. The summed E-state index contributed by atoms with van der Waals surface area (Å²) in [5.41, 5.74) is 0. The van der Waals surface area contributed by atoms with Crippen LogP contribution in [0.3, 0.4) is 0 Å². The number of rotatable bonds is 0. The molecule has 1 fully saturated rings. The molecule has 0 amide bonds. The van der Waals surface area contributed by atoms with Gasteiger partial charge in [-0.15, -0.1) is 0 Å². The van der Waals surface area contributed by atoms with E-state index < -0.39 is 0 Å². The van der Waals surface area contributed by atoms with E-state index in [4.69, 9.17) is 0 Å². The van der Waals surface area contributed by atoms with Crippen molar-refractivity contribution in [3.8, 4) is 0 Å². The molecular formula is C2H4CoN. The predicted molar refractivity (Wildman–Crippen MR) is 11.6 cm³/mol. The molecule has 0 radical (unpaired) electrons. The molecule has 4 heavy (non-hydrogen) atoms. The minimum absolute atomic E-state index is 1.18. The third kappa shape index (κ3) is 0.441. The van der Waals surface area contributed by atoms with E-state index in [-0.39, 0.29) is 0 Å². The average molecular weight is 101 g/mol. The Labute approximate surface area is 33.8 Å². The molecule has 0 aliphatic carbocycles. The Morgan fingerprint density at radius 3 is 1.75 bits per heavy atom. The fraction of sp³-hybridized carbons (Fsp3) is 1.00. The molecule has 1 nitrogen and oxygen atoms in total. The van der Waals surface area contributed by atoms with Crippen molar-refractivity contribution in [2.45, 2.75) is 0 Å². The van der Waals surface area contributed by atoms with Crippen LogP contribution in [-0.4, -0.2) is 17.0 Å². The van der Waals surface area contributed by atoms with Crippen molar-refractivity contribution in [3.05, 3.63) is 0 Å². The van der Waals surface area contributed by atoms with Crippen molar-refractivity contribution < 1.29 is 16.0 Å². The quantitative estimate of drug-likeness (QED) is 0.380. The van der Waals surface area contributed by atoms with Gasteiger partial charge in [-0.3, -0.25) is 0 Å². The van der Waals surface area contributed by atoms with E-state index in [9.17, 15) is 0 Å². The normalized spacial score (nSPS) is 26.5. The van der Waals surface area contributed by atoms with Crippen molar-refractivity contribution >= 4 is 0 Å². The third-order valence-electron chi connectivity index (χ3n) is 0.373. The van der Waals surface area contributed by atoms with Crippen LogP contribution in [0.1, 0.15) is 0 Å². The van der Waals surface area contributed by atoms with E-state index in [0.29, 0.717) is 0 Å². The summed E-state index contributed by atoms with van der Waals surface area (Å²) in [4.78, 5) is 0. The molecular weight excluding hydrogens is 97.0 g/mol. The van der Waals surface area contributed by atoms with Crippen LogP contribution in [-0.2, 0) is 16.0 Å². The van der Waals surface area contributed by atoms with E-state index in [1.807, 2.05) is 3.95 Å². The summed E-state index contributed by atoms with van der Waals surface area (Å²) >= 11 is 3.95. The molecule has 2 heteroatoms. The SMILES string of the molecule is [Co][N]1CC1. The Morgan fingerprint density at radius 1 is 1.50 bits per heavy atom. The first-order chi connectivity index (χ1) is 1.89. The van der Waals surface area contributed by atoms with Gasteiger partial charge in [-0.1, -0.05) is 0 Å². The average Bonchev–Trinajstić information content (AvgIpc) is 1.75. The van der Waals surface area contributed by atoms with Gasteiger partial charge in [0.25, 0.3) is 0 Å². The summed E-state index contributed by atoms with van der Waals surface area (Å²) in [5, 5.41) is 0. The molecule has 1 heterocycles. The molecule has 0 bridgehead atoms. The summed E-state index contributed by atoms with van der Waals surface area (Å²) in [7, 11) is 0. The van der Waals surface area contributed by atoms with E-state index in [1.54, 1.807) is 0 Å². The second-order valence-corrected chi connectivity index (χ2v) is 1.54. The van der Waals surface area contributed by atoms with E-state index in [1.165, 1.54) is 13.1 Å². The third-order valence-corrected chi connectivity index (χ3v) is 0.838. The Kier molecular flexibility index (Phi) is 0.475. The summed E-state index contributed by atoms with van der Waals surface area (Å²) in [6.45, 7) is 2.36. The van der Waals surface area contributed by atoms with Crippen LogP contribution in [0, 0.1) is 0 Å². The second-order valence-electron chi connectivity index (χ2n) is 0.882. The molecule has 1 aliphatic rings. The van der Waals surface area contributed by atoms with Crippen LogP contribution in [0.4, 0.5) is 0 Å². The van der Waals surface area contributed by atoms with Crippen molar-refractivity contribution in [3.63, 3.8) is 0 Å². The fourth-order valence-corrected chi connectivity index (χ4v) is 0.137. The van der Waals surface area contributed by atoms with E-state index >= 15 is 0 Å². The van der Waals surface area contributed by atoms with Crippen LogP contribution >= 0.6 is 0 Å². The fourth-order valence-electron chi connectivity index (χ4n) is 0.0333. The zero-order valence-corrected chi connectivity index (χ0v) is 3.24. The molecule has 0 N–H and O–H groups in total. The molecule has 0 aromatic carbocycles. The van der Waals surface area contributed by atoms with Crippen LogP contribution in [0.15, 0.2) is 0 Å². The number of hydrogen-bond acceptors (Lipinski definition) is 1. The second kappa shape index (κ2) is 0.706. The van der Waals surface area contributed by atoms with Crippen LogP contribution < -0.4 is 0 Å². The Balaban J connectivity index is 2.17. The zero-order chi connectivity index (χ0) is 2.99. The van der Waals surface area contributed by atoms with Gasteiger partial charge >= 0.3 is 33.0 Å². The molecule has 0 atom stereocenters. The molecule has 0 spiro atoms. The van der Waals surface area contributed by atoms with Crippen LogP contribution in [0.2, 0.25) is 0 Å². The summed E-state index contributed by atoms with van der Waals surface area (Å²) in [5.74, 6) is 0. The summed E-state index contributed by atoms with van der Waals surface area (Å²) in [6, 6.07) is 0. The minimum atomic E-state index is 1.18. The van der Waals surface area contributed by atoms with E-state index in [0.717, 1.165) is 0 Å². The zero-order valence-electron chi connectivity index (χ0n) is 2.19. The van der Waals surface area contributed by atoms with Gasteiger partial charge < -0.3 is 0 Å². The van der Waals surface area contributed by atoms with Crippen molar-refractivity contribution in [1.82, 2.24) is 3.95 Å². The van der Waals surface area contributed by atoms with Crippen molar-refractivity contribution in [2.75, 3.05) is 13.1 Å². The Bertz CT molecular complexity index is 25.2. The molecule has 0 unspecified atom stereocenters. The van der Waals surface area contributed by atoms with Gasteiger partial charge in [-0.25, -0.2) is 0 Å². The summed E-state index contributed by atoms with van der Waals surface area (Å²) in [6.07, 6.45) is 0. The van der Waals surface area contributed by atoms with Gasteiger partial charge in [0, 0.05) is 0 Å². The topological polar surface area (TPSA) is 3.01 Å². The molecule has 1 rings (SSSR count). The van der Waals surface area contributed by atoms with Gasteiger partial charge in [0.1, 0.15) is 0 Å².